The summed E-state index contributed by atoms with van der Waals surface area (Å²) in [6.07, 6.45) is 6.37. The Hall–Kier alpha value is -2.07. The number of hydrogen-bond acceptors (Lipinski definition) is 2. The zero-order valence-corrected chi connectivity index (χ0v) is 11.4. The second-order valence-corrected chi connectivity index (χ2v) is 5.52. The summed E-state index contributed by atoms with van der Waals surface area (Å²) in [5, 5.41) is 0.493. The van der Waals surface area contributed by atoms with Gasteiger partial charge in [0, 0.05) is 23.0 Å². The molecule has 4 rings (SSSR count). The molecule has 2 aromatic heterocycles. The number of benzene rings is 1. The number of carbonyl (C=O) groups is 1. The standard InChI is InChI=1S/C15H12ClN3O/c16-15(20)12-6-10-11(18-12)2-1-3-14(10)19-7-13(17-8-19)9-4-5-9/h1-3,6-9,18H,4-5H2. The van der Waals surface area contributed by atoms with E-state index < -0.39 is 5.24 Å². The third-order valence-corrected chi connectivity index (χ3v) is 3.93. The van der Waals surface area contributed by atoms with Crippen LogP contribution >= 0.6 is 11.6 Å². The van der Waals surface area contributed by atoms with Gasteiger partial charge in [-0.3, -0.25) is 4.79 Å². The number of aromatic nitrogens is 3. The van der Waals surface area contributed by atoms with E-state index >= 15 is 0 Å². The Labute approximate surface area is 120 Å². The number of H-pyrrole nitrogens is 1. The topological polar surface area (TPSA) is 50.7 Å². The van der Waals surface area contributed by atoms with E-state index in [0.29, 0.717) is 11.6 Å². The molecule has 0 spiro atoms. The third-order valence-electron chi connectivity index (χ3n) is 3.73. The van der Waals surface area contributed by atoms with Crippen molar-refractivity contribution in [2.24, 2.45) is 0 Å². The van der Waals surface area contributed by atoms with E-state index in [0.717, 1.165) is 22.3 Å². The molecule has 0 unspecified atom stereocenters. The van der Waals surface area contributed by atoms with Crippen molar-refractivity contribution in [2.75, 3.05) is 0 Å². The van der Waals surface area contributed by atoms with Gasteiger partial charge in [-0.2, -0.15) is 0 Å². The second-order valence-electron chi connectivity index (χ2n) is 5.18. The van der Waals surface area contributed by atoms with Gasteiger partial charge in [0.05, 0.1) is 23.4 Å². The highest BCUT2D eigenvalue weighted by Gasteiger charge is 2.26. The van der Waals surface area contributed by atoms with Crippen molar-refractivity contribution in [3.63, 3.8) is 0 Å². The average Bonchev–Trinajstić information content (AvgIpc) is 3.02. The molecule has 0 atom stereocenters. The molecule has 0 radical (unpaired) electrons. The van der Waals surface area contributed by atoms with E-state index in [1.165, 1.54) is 12.8 Å². The van der Waals surface area contributed by atoms with E-state index in [2.05, 4.69) is 16.2 Å². The van der Waals surface area contributed by atoms with Gasteiger partial charge in [-0.25, -0.2) is 4.98 Å². The predicted molar refractivity (Wildman–Crippen MR) is 77.6 cm³/mol. The predicted octanol–water partition coefficient (Wildman–Crippen LogP) is 3.61. The Morgan fingerprint density at radius 1 is 1.40 bits per heavy atom. The first-order valence-corrected chi connectivity index (χ1v) is 6.96. The smallest absolute Gasteiger partial charge is 0.268 e. The molecule has 3 aromatic rings. The Morgan fingerprint density at radius 3 is 3.00 bits per heavy atom. The van der Waals surface area contributed by atoms with E-state index in [1.807, 2.05) is 29.1 Å². The molecule has 1 saturated carbocycles. The maximum absolute atomic E-state index is 11.3. The molecule has 1 aromatic carbocycles. The lowest BCUT2D eigenvalue weighted by molar-refractivity contribution is 0.107. The van der Waals surface area contributed by atoms with Gasteiger partial charge >= 0.3 is 0 Å². The summed E-state index contributed by atoms with van der Waals surface area (Å²) in [5.74, 6) is 0.627. The van der Waals surface area contributed by atoms with Gasteiger partial charge in [0.25, 0.3) is 5.24 Å². The zero-order chi connectivity index (χ0) is 13.7. The fourth-order valence-corrected chi connectivity index (χ4v) is 2.63. The summed E-state index contributed by atoms with van der Waals surface area (Å²) >= 11 is 5.54. The SMILES string of the molecule is O=C(Cl)c1cc2c(-n3cnc(C4CC4)c3)cccc2[nH]1. The van der Waals surface area contributed by atoms with Crippen LogP contribution in [0.5, 0.6) is 0 Å². The van der Waals surface area contributed by atoms with Gasteiger partial charge in [-0.15, -0.1) is 0 Å². The van der Waals surface area contributed by atoms with Crippen LogP contribution in [0.1, 0.15) is 34.9 Å². The lowest BCUT2D eigenvalue weighted by atomic mass is 10.2. The van der Waals surface area contributed by atoms with Gasteiger partial charge in [-0.05, 0) is 42.6 Å². The lowest BCUT2D eigenvalue weighted by Gasteiger charge is -2.03. The maximum atomic E-state index is 11.3. The van der Waals surface area contributed by atoms with Crippen molar-refractivity contribution in [3.8, 4) is 5.69 Å². The first kappa shape index (κ1) is 11.7. The normalized spacial score (nSPS) is 14.8. The van der Waals surface area contributed by atoms with E-state index in [-0.39, 0.29) is 0 Å². The van der Waals surface area contributed by atoms with Crippen molar-refractivity contribution < 1.29 is 4.79 Å². The molecule has 0 saturated heterocycles. The highest BCUT2D eigenvalue weighted by atomic mass is 35.5. The van der Waals surface area contributed by atoms with Crippen LogP contribution in [0.15, 0.2) is 36.8 Å². The maximum Gasteiger partial charge on any atom is 0.268 e. The molecule has 100 valence electrons. The Kier molecular flexibility index (Phi) is 2.47. The Bertz CT molecular complexity index is 814. The first-order chi connectivity index (χ1) is 9.72. The van der Waals surface area contributed by atoms with Crippen LogP contribution in [0.4, 0.5) is 0 Å². The summed E-state index contributed by atoms with van der Waals surface area (Å²) in [4.78, 5) is 18.8. The van der Waals surface area contributed by atoms with Gasteiger partial charge in [0.15, 0.2) is 0 Å². The molecule has 2 heterocycles. The molecule has 1 aliphatic carbocycles. The van der Waals surface area contributed by atoms with Crippen LogP contribution < -0.4 is 0 Å². The number of aromatic amines is 1. The van der Waals surface area contributed by atoms with Gasteiger partial charge in [0.2, 0.25) is 0 Å². The second kappa shape index (κ2) is 4.21. The number of imidazole rings is 1. The van der Waals surface area contributed by atoms with E-state index in [9.17, 15) is 4.79 Å². The van der Waals surface area contributed by atoms with Crippen LogP contribution in [0.3, 0.4) is 0 Å². The largest absolute Gasteiger partial charge is 0.351 e. The summed E-state index contributed by atoms with van der Waals surface area (Å²) in [6.45, 7) is 0. The molecule has 0 aliphatic heterocycles. The van der Waals surface area contributed by atoms with Gasteiger partial charge in [0.1, 0.15) is 0 Å². The Morgan fingerprint density at radius 2 is 2.25 bits per heavy atom. The fourth-order valence-electron chi connectivity index (χ4n) is 2.53. The molecular weight excluding hydrogens is 274 g/mol. The summed E-state index contributed by atoms with van der Waals surface area (Å²) in [6, 6.07) is 7.68. The summed E-state index contributed by atoms with van der Waals surface area (Å²) < 4.78 is 2.01. The number of rotatable bonds is 3. The van der Waals surface area contributed by atoms with Crippen LogP contribution in [0, 0.1) is 0 Å². The molecule has 0 bridgehead atoms. The van der Waals surface area contributed by atoms with E-state index in [1.54, 1.807) is 6.07 Å². The number of nitrogens with one attached hydrogen (secondary N) is 1. The molecule has 1 N–H and O–H groups in total. The number of fused-ring (bicyclic) bond motifs is 1. The van der Waals surface area contributed by atoms with Crippen LogP contribution in [-0.4, -0.2) is 19.8 Å². The molecule has 1 aliphatic rings. The molecule has 5 heteroatoms. The van der Waals surface area contributed by atoms with Crippen LogP contribution in [0.25, 0.3) is 16.6 Å². The minimum Gasteiger partial charge on any atom is -0.351 e. The van der Waals surface area contributed by atoms with E-state index in [4.69, 9.17) is 11.6 Å². The average molecular weight is 286 g/mol. The number of nitrogens with zero attached hydrogens (tertiary/aromatic N) is 2. The molecular formula is C15H12ClN3O. The number of carbonyl (C=O) groups excluding carboxylic acids is 1. The number of halogens is 1. The highest BCUT2D eigenvalue weighted by molar-refractivity contribution is 6.67. The highest BCUT2D eigenvalue weighted by Crippen LogP contribution is 2.39. The summed E-state index contributed by atoms with van der Waals surface area (Å²) in [5.41, 5.74) is 3.46. The van der Waals surface area contributed by atoms with Crippen molar-refractivity contribution >= 4 is 27.7 Å². The minimum absolute atomic E-state index is 0.414. The van der Waals surface area contributed by atoms with Gasteiger partial charge < -0.3 is 9.55 Å². The van der Waals surface area contributed by atoms with Crippen LogP contribution in [0.2, 0.25) is 0 Å². The molecule has 20 heavy (non-hydrogen) atoms. The molecule has 1 fully saturated rings. The van der Waals surface area contributed by atoms with Gasteiger partial charge in [-0.1, -0.05) is 6.07 Å². The summed E-state index contributed by atoms with van der Waals surface area (Å²) in [7, 11) is 0. The first-order valence-electron chi connectivity index (χ1n) is 6.58. The van der Waals surface area contributed by atoms with Crippen molar-refractivity contribution in [3.05, 3.63) is 48.2 Å². The fraction of sp³-hybridized carbons (Fsp3) is 0.200. The zero-order valence-electron chi connectivity index (χ0n) is 10.6. The van der Waals surface area contributed by atoms with Crippen molar-refractivity contribution in [1.29, 1.82) is 0 Å². The third kappa shape index (κ3) is 1.84. The lowest BCUT2D eigenvalue weighted by Crippen LogP contribution is -1.90. The monoisotopic (exact) mass is 285 g/mol. The molecule has 4 nitrogen and oxygen atoms in total. The number of hydrogen-bond donors (Lipinski definition) is 1. The van der Waals surface area contributed by atoms with Crippen LogP contribution in [-0.2, 0) is 0 Å². The van der Waals surface area contributed by atoms with Crippen molar-refractivity contribution in [2.45, 2.75) is 18.8 Å². The van der Waals surface area contributed by atoms with Crippen molar-refractivity contribution in [1.82, 2.24) is 14.5 Å². The Balaban J connectivity index is 1.86. The molecule has 0 amide bonds. The quantitative estimate of drug-likeness (QED) is 0.747. The minimum atomic E-state index is -0.476.